The van der Waals surface area contributed by atoms with Crippen molar-refractivity contribution in [2.24, 2.45) is 10.9 Å². The van der Waals surface area contributed by atoms with E-state index in [1.807, 2.05) is 0 Å². The molecule has 1 saturated heterocycles. The smallest absolute Gasteiger partial charge is 0.140 e. The number of amidine groups is 1. The molecule has 0 atom stereocenters. The number of oxime groups is 1. The van der Waals surface area contributed by atoms with E-state index in [-0.39, 0.29) is 18.0 Å². The Morgan fingerprint density at radius 2 is 2.13 bits per heavy atom. The van der Waals surface area contributed by atoms with Gasteiger partial charge < -0.3 is 26.1 Å². The van der Waals surface area contributed by atoms with E-state index < -0.39 is 0 Å². The molecule has 1 heterocycles. The van der Waals surface area contributed by atoms with Crippen LogP contribution in [0.25, 0.3) is 0 Å². The Kier molecular flexibility index (Phi) is 4.80. The van der Waals surface area contributed by atoms with Gasteiger partial charge >= 0.3 is 0 Å². The summed E-state index contributed by atoms with van der Waals surface area (Å²) in [5, 5.41) is 23.8. The molecule has 0 aromatic rings. The number of aliphatic hydroxyl groups is 1. The van der Waals surface area contributed by atoms with Crippen molar-refractivity contribution in [1.82, 2.24) is 5.32 Å². The van der Waals surface area contributed by atoms with E-state index in [9.17, 15) is 5.11 Å². The van der Waals surface area contributed by atoms with E-state index in [2.05, 4.69) is 10.5 Å². The van der Waals surface area contributed by atoms with Gasteiger partial charge in [-0.3, -0.25) is 0 Å². The first-order valence-corrected chi connectivity index (χ1v) is 5.12. The zero-order valence-corrected chi connectivity index (χ0v) is 8.78. The summed E-state index contributed by atoms with van der Waals surface area (Å²) in [6, 6.07) is 0. The second-order valence-corrected chi connectivity index (χ2v) is 3.82. The molecular weight excluding hydrogens is 198 g/mol. The van der Waals surface area contributed by atoms with Crippen LogP contribution in [0.5, 0.6) is 0 Å². The molecule has 1 aliphatic rings. The first-order chi connectivity index (χ1) is 7.22. The number of nitrogens with zero attached hydrogens (tertiary/aromatic N) is 1. The number of nitrogens with one attached hydrogen (secondary N) is 1. The largest absolute Gasteiger partial charge is 0.409 e. The van der Waals surface area contributed by atoms with Crippen LogP contribution in [0.1, 0.15) is 19.3 Å². The summed E-state index contributed by atoms with van der Waals surface area (Å²) in [5.74, 6) is 0.197. The molecule has 0 amide bonds. The molecule has 5 N–H and O–H groups in total. The lowest BCUT2D eigenvalue weighted by Crippen LogP contribution is -2.52. The van der Waals surface area contributed by atoms with Crippen LogP contribution >= 0.6 is 0 Å². The predicted octanol–water partition coefficient (Wildman–Crippen LogP) is -0.746. The normalized spacial score (nSPS) is 21.5. The minimum absolute atomic E-state index is 0.0898. The van der Waals surface area contributed by atoms with Gasteiger partial charge in [-0.25, -0.2) is 0 Å². The summed E-state index contributed by atoms with van der Waals surface area (Å²) in [6.45, 7) is 2.01. The maximum absolute atomic E-state index is 9.34. The Labute approximate surface area is 89.1 Å². The molecule has 0 radical (unpaired) electrons. The Morgan fingerprint density at radius 1 is 1.47 bits per heavy atom. The molecular formula is C9H19N3O3. The third kappa shape index (κ3) is 3.65. The Morgan fingerprint density at radius 3 is 2.67 bits per heavy atom. The molecule has 0 aromatic carbocycles. The maximum atomic E-state index is 9.34. The summed E-state index contributed by atoms with van der Waals surface area (Å²) < 4.78 is 5.24. The van der Waals surface area contributed by atoms with Crippen LogP contribution in [-0.4, -0.2) is 48.1 Å². The van der Waals surface area contributed by atoms with Crippen molar-refractivity contribution < 1.29 is 15.1 Å². The number of rotatable bonds is 5. The SMILES string of the molecule is NC(CCNC1(CO)CCOCC1)=NO. The molecule has 0 aromatic heterocycles. The maximum Gasteiger partial charge on any atom is 0.140 e. The van der Waals surface area contributed by atoms with Crippen LogP contribution in [0.15, 0.2) is 5.16 Å². The topological polar surface area (TPSA) is 100 Å². The van der Waals surface area contributed by atoms with Crippen molar-refractivity contribution in [3.05, 3.63) is 0 Å². The lowest BCUT2D eigenvalue weighted by molar-refractivity contribution is 0.0125. The molecule has 6 heteroatoms. The number of hydrogen-bond donors (Lipinski definition) is 4. The monoisotopic (exact) mass is 217 g/mol. The van der Waals surface area contributed by atoms with E-state index in [1.165, 1.54) is 0 Å². The standard InChI is InChI=1S/C9H19N3O3/c10-8(12-14)1-4-11-9(7-13)2-5-15-6-3-9/h11,13-14H,1-7H2,(H2,10,12). The molecule has 0 bridgehead atoms. The van der Waals surface area contributed by atoms with Gasteiger partial charge in [0.25, 0.3) is 0 Å². The van der Waals surface area contributed by atoms with Crippen LogP contribution in [-0.2, 0) is 4.74 Å². The fraction of sp³-hybridized carbons (Fsp3) is 0.889. The second kappa shape index (κ2) is 5.89. The summed E-state index contributed by atoms with van der Waals surface area (Å²) in [6.07, 6.45) is 2.05. The van der Waals surface area contributed by atoms with E-state index in [0.717, 1.165) is 12.8 Å². The molecule has 1 rings (SSSR count). The van der Waals surface area contributed by atoms with Gasteiger partial charge in [-0.1, -0.05) is 5.16 Å². The highest BCUT2D eigenvalue weighted by molar-refractivity contribution is 5.79. The van der Waals surface area contributed by atoms with Crippen molar-refractivity contribution in [3.8, 4) is 0 Å². The van der Waals surface area contributed by atoms with Gasteiger partial charge in [-0.15, -0.1) is 0 Å². The summed E-state index contributed by atoms with van der Waals surface area (Å²) in [4.78, 5) is 0. The van der Waals surface area contributed by atoms with E-state index in [1.54, 1.807) is 0 Å². The Balaban J connectivity index is 2.32. The lowest BCUT2D eigenvalue weighted by Gasteiger charge is -2.36. The number of nitrogens with two attached hydrogens (primary N) is 1. The minimum atomic E-state index is -0.256. The zero-order valence-electron chi connectivity index (χ0n) is 8.78. The highest BCUT2D eigenvalue weighted by Gasteiger charge is 2.30. The van der Waals surface area contributed by atoms with Crippen molar-refractivity contribution in [3.63, 3.8) is 0 Å². The summed E-state index contributed by atoms with van der Waals surface area (Å²) >= 11 is 0. The van der Waals surface area contributed by atoms with Crippen molar-refractivity contribution in [1.29, 1.82) is 0 Å². The highest BCUT2D eigenvalue weighted by atomic mass is 16.5. The van der Waals surface area contributed by atoms with E-state index in [0.29, 0.717) is 26.2 Å². The first kappa shape index (κ1) is 12.2. The van der Waals surface area contributed by atoms with E-state index in [4.69, 9.17) is 15.7 Å². The van der Waals surface area contributed by atoms with Gasteiger partial charge in [0.1, 0.15) is 5.84 Å². The molecule has 0 aliphatic carbocycles. The Hall–Kier alpha value is -0.850. The first-order valence-electron chi connectivity index (χ1n) is 5.12. The van der Waals surface area contributed by atoms with Gasteiger partial charge in [-0.2, -0.15) is 0 Å². The Bertz CT molecular complexity index is 215. The quantitative estimate of drug-likeness (QED) is 0.210. The molecule has 6 nitrogen and oxygen atoms in total. The van der Waals surface area contributed by atoms with Crippen LogP contribution < -0.4 is 11.1 Å². The van der Waals surface area contributed by atoms with Crippen LogP contribution in [0.2, 0.25) is 0 Å². The van der Waals surface area contributed by atoms with Crippen LogP contribution in [0.3, 0.4) is 0 Å². The lowest BCUT2D eigenvalue weighted by atomic mass is 9.91. The van der Waals surface area contributed by atoms with Gasteiger partial charge in [0.15, 0.2) is 0 Å². The van der Waals surface area contributed by atoms with Crippen molar-refractivity contribution in [2.75, 3.05) is 26.4 Å². The minimum Gasteiger partial charge on any atom is -0.409 e. The second-order valence-electron chi connectivity index (χ2n) is 3.82. The van der Waals surface area contributed by atoms with E-state index >= 15 is 0 Å². The third-order valence-electron chi connectivity index (χ3n) is 2.76. The summed E-state index contributed by atoms with van der Waals surface area (Å²) in [7, 11) is 0. The molecule has 0 saturated carbocycles. The number of hydrogen-bond acceptors (Lipinski definition) is 5. The average molecular weight is 217 g/mol. The molecule has 1 aliphatic heterocycles. The fourth-order valence-electron chi connectivity index (χ4n) is 1.66. The number of aliphatic hydroxyl groups excluding tert-OH is 1. The third-order valence-corrected chi connectivity index (χ3v) is 2.76. The predicted molar refractivity (Wildman–Crippen MR) is 55.9 cm³/mol. The van der Waals surface area contributed by atoms with Crippen LogP contribution in [0.4, 0.5) is 0 Å². The summed E-state index contributed by atoms with van der Waals surface area (Å²) in [5.41, 5.74) is 5.09. The van der Waals surface area contributed by atoms with Gasteiger partial charge in [-0.05, 0) is 12.8 Å². The van der Waals surface area contributed by atoms with Crippen molar-refractivity contribution in [2.45, 2.75) is 24.8 Å². The molecule has 0 spiro atoms. The molecule has 88 valence electrons. The highest BCUT2D eigenvalue weighted by Crippen LogP contribution is 2.19. The van der Waals surface area contributed by atoms with Gasteiger partial charge in [0.2, 0.25) is 0 Å². The number of ether oxygens (including phenoxy) is 1. The van der Waals surface area contributed by atoms with Crippen molar-refractivity contribution >= 4 is 5.84 Å². The van der Waals surface area contributed by atoms with Gasteiger partial charge in [0.05, 0.1) is 6.61 Å². The fourth-order valence-corrected chi connectivity index (χ4v) is 1.66. The van der Waals surface area contributed by atoms with Gasteiger partial charge in [0, 0.05) is 31.7 Å². The van der Waals surface area contributed by atoms with Crippen LogP contribution in [0, 0.1) is 0 Å². The zero-order chi connectivity index (χ0) is 11.1. The molecule has 0 unspecified atom stereocenters. The average Bonchev–Trinajstić information content (AvgIpc) is 2.30. The molecule has 1 fully saturated rings. The molecule has 15 heavy (non-hydrogen) atoms.